The van der Waals surface area contributed by atoms with Gasteiger partial charge in [-0.1, -0.05) is 13.0 Å². The molecule has 1 aromatic heterocycles. The van der Waals surface area contributed by atoms with Crippen molar-refractivity contribution in [2.75, 3.05) is 5.32 Å². The Morgan fingerprint density at radius 3 is 2.64 bits per heavy atom. The van der Waals surface area contributed by atoms with Crippen molar-refractivity contribution >= 4 is 5.69 Å². The van der Waals surface area contributed by atoms with Crippen molar-refractivity contribution in [2.24, 2.45) is 0 Å². The Kier molecular flexibility index (Phi) is 4.95. The summed E-state index contributed by atoms with van der Waals surface area (Å²) in [5.74, 6) is 2.52. The third-order valence-electron chi connectivity index (χ3n) is 3.59. The molecule has 0 unspecified atom stereocenters. The van der Waals surface area contributed by atoms with Crippen LogP contribution < -0.4 is 10.1 Å². The Labute approximate surface area is 146 Å². The molecule has 0 aliphatic heterocycles. The lowest BCUT2D eigenvalue weighted by Crippen LogP contribution is -2.06. The van der Waals surface area contributed by atoms with E-state index in [-0.39, 0.29) is 6.04 Å². The minimum atomic E-state index is -0.0909. The van der Waals surface area contributed by atoms with Gasteiger partial charge >= 0.3 is 0 Å². The number of aryl methyl sites for hydroxylation is 1. The monoisotopic (exact) mass is 334 g/mol. The van der Waals surface area contributed by atoms with Gasteiger partial charge in [-0.3, -0.25) is 0 Å². The van der Waals surface area contributed by atoms with Gasteiger partial charge in [-0.05, 0) is 49.4 Å². The zero-order valence-electron chi connectivity index (χ0n) is 14.1. The van der Waals surface area contributed by atoms with E-state index >= 15 is 0 Å². The lowest BCUT2D eigenvalue weighted by Gasteiger charge is -2.12. The average molecular weight is 334 g/mol. The first-order valence-electron chi connectivity index (χ1n) is 8.05. The largest absolute Gasteiger partial charge is 0.457 e. The Morgan fingerprint density at radius 1 is 1.16 bits per heavy atom. The predicted octanol–water partition coefficient (Wildman–Crippen LogP) is 4.47. The number of nitrogens with one attached hydrogen (secondary N) is 1. The molecule has 0 aliphatic rings. The lowest BCUT2D eigenvalue weighted by atomic mass is 10.2. The summed E-state index contributed by atoms with van der Waals surface area (Å²) < 4.78 is 11.3. The molecule has 6 heteroatoms. The van der Waals surface area contributed by atoms with E-state index in [0.29, 0.717) is 28.8 Å². The van der Waals surface area contributed by atoms with Crippen LogP contribution in [0.25, 0.3) is 0 Å². The molecule has 1 atom stereocenters. The van der Waals surface area contributed by atoms with Crippen molar-refractivity contribution in [2.45, 2.75) is 26.3 Å². The normalized spacial score (nSPS) is 11.6. The Bertz CT molecular complexity index is 881. The molecule has 1 N–H and O–H groups in total. The van der Waals surface area contributed by atoms with E-state index in [1.807, 2.05) is 44.2 Å². The van der Waals surface area contributed by atoms with Gasteiger partial charge in [0, 0.05) is 12.1 Å². The second-order valence-electron chi connectivity index (χ2n) is 5.52. The van der Waals surface area contributed by atoms with E-state index in [0.717, 1.165) is 12.1 Å². The number of aromatic nitrogens is 2. The molecule has 3 aromatic rings. The zero-order chi connectivity index (χ0) is 17.6. The number of anilines is 1. The molecule has 0 fully saturated rings. The Hall–Kier alpha value is -3.33. The Morgan fingerprint density at radius 2 is 1.96 bits per heavy atom. The van der Waals surface area contributed by atoms with Crippen molar-refractivity contribution in [3.05, 3.63) is 65.9 Å². The lowest BCUT2D eigenvalue weighted by molar-refractivity contribution is 0.439. The maximum atomic E-state index is 8.93. The fraction of sp³-hybridized carbons (Fsp3) is 0.211. The van der Waals surface area contributed by atoms with Crippen LogP contribution in [0.2, 0.25) is 0 Å². The van der Waals surface area contributed by atoms with Crippen molar-refractivity contribution in [1.82, 2.24) is 10.2 Å². The number of rotatable bonds is 6. The van der Waals surface area contributed by atoms with Gasteiger partial charge in [-0.2, -0.15) is 5.26 Å². The maximum absolute atomic E-state index is 8.93. The fourth-order valence-electron chi connectivity index (χ4n) is 2.28. The molecule has 0 bridgehead atoms. The summed E-state index contributed by atoms with van der Waals surface area (Å²) in [5, 5.41) is 20.3. The summed E-state index contributed by atoms with van der Waals surface area (Å²) in [4.78, 5) is 0. The van der Waals surface area contributed by atoms with Gasteiger partial charge in [0.05, 0.1) is 11.6 Å². The molecule has 25 heavy (non-hydrogen) atoms. The van der Waals surface area contributed by atoms with E-state index in [1.165, 1.54) is 0 Å². The van der Waals surface area contributed by atoms with E-state index in [1.54, 1.807) is 18.2 Å². The second kappa shape index (κ2) is 7.49. The van der Waals surface area contributed by atoms with Crippen LogP contribution >= 0.6 is 0 Å². The number of hydrogen-bond donors (Lipinski definition) is 1. The molecule has 0 amide bonds. The second-order valence-corrected chi connectivity index (χ2v) is 5.52. The highest BCUT2D eigenvalue weighted by molar-refractivity contribution is 5.48. The topological polar surface area (TPSA) is 84.0 Å². The van der Waals surface area contributed by atoms with E-state index in [9.17, 15) is 0 Å². The molecule has 0 saturated carbocycles. The van der Waals surface area contributed by atoms with Crippen molar-refractivity contribution < 1.29 is 9.15 Å². The standard InChI is InChI=1S/C19H18N4O2/c1-3-18-22-23-19(25-18)13(2)21-15-7-9-16(10-8-15)24-17-6-4-5-14(11-17)12-20/h4-11,13,21H,3H2,1-2H3/t13-/m1/s1. The first-order valence-corrected chi connectivity index (χ1v) is 8.05. The third-order valence-corrected chi connectivity index (χ3v) is 3.59. The highest BCUT2D eigenvalue weighted by Gasteiger charge is 2.13. The number of nitrogens with zero attached hydrogens (tertiary/aromatic N) is 3. The summed E-state index contributed by atoms with van der Waals surface area (Å²) in [6.07, 6.45) is 0.721. The zero-order valence-corrected chi connectivity index (χ0v) is 14.1. The first-order chi connectivity index (χ1) is 12.2. The SMILES string of the molecule is CCc1nnc([C@@H](C)Nc2ccc(Oc3cccc(C#N)c3)cc2)o1. The number of benzene rings is 2. The summed E-state index contributed by atoms with van der Waals surface area (Å²) in [6, 6.07) is 16.6. The molecular weight excluding hydrogens is 316 g/mol. The Balaban J connectivity index is 1.64. The molecule has 1 heterocycles. The van der Waals surface area contributed by atoms with Crippen LogP contribution in [-0.2, 0) is 6.42 Å². The molecule has 2 aromatic carbocycles. The summed E-state index contributed by atoms with van der Waals surface area (Å²) in [7, 11) is 0. The number of hydrogen-bond acceptors (Lipinski definition) is 6. The first kappa shape index (κ1) is 16.5. The predicted molar refractivity (Wildman–Crippen MR) is 93.4 cm³/mol. The van der Waals surface area contributed by atoms with Crippen molar-refractivity contribution in [3.8, 4) is 17.6 Å². The average Bonchev–Trinajstić information content (AvgIpc) is 3.13. The minimum Gasteiger partial charge on any atom is -0.457 e. The van der Waals surface area contributed by atoms with Gasteiger partial charge in [0.15, 0.2) is 0 Å². The molecule has 0 aliphatic carbocycles. The summed E-state index contributed by atoms with van der Waals surface area (Å²) >= 11 is 0. The van der Waals surface area contributed by atoms with Crippen LogP contribution in [0.5, 0.6) is 11.5 Å². The van der Waals surface area contributed by atoms with Crippen LogP contribution in [0.15, 0.2) is 52.9 Å². The van der Waals surface area contributed by atoms with Crippen LogP contribution in [0.4, 0.5) is 5.69 Å². The summed E-state index contributed by atoms with van der Waals surface area (Å²) in [5.41, 5.74) is 1.48. The molecule has 3 rings (SSSR count). The molecule has 126 valence electrons. The highest BCUT2D eigenvalue weighted by atomic mass is 16.5. The smallest absolute Gasteiger partial charge is 0.238 e. The van der Waals surface area contributed by atoms with Gasteiger partial charge in [0.1, 0.15) is 17.5 Å². The van der Waals surface area contributed by atoms with E-state index in [4.69, 9.17) is 14.4 Å². The van der Waals surface area contributed by atoms with Gasteiger partial charge in [0.25, 0.3) is 0 Å². The number of nitriles is 1. The third kappa shape index (κ3) is 4.15. The van der Waals surface area contributed by atoms with Crippen LogP contribution in [0.1, 0.15) is 37.2 Å². The quantitative estimate of drug-likeness (QED) is 0.716. The molecule has 6 nitrogen and oxygen atoms in total. The van der Waals surface area contributed by atoms with E-state index in [2.05, 4.69) is 21.6 Å². The van der Waals surface area contributed by atoms with Crippen molar-refractivity contribution in [3.63, 3.8) is 0 Å². The van der Waals surface area contributed by atoms with Gasteiger partial charge < -0.3 is 14.5 Å². The summed E-state index contributed by atoms with van der Waals surface area (Å²) in [6.45, 7) is 3.94. The van der Waals surface area contributed by atoms with Gasteiger partial charge in [-0.15, -0.1) is 10.2 Å². The fourth-order valence-corrected chi connectivity index (χ4v) is 2.28. The minimum absolute atomic E-state index is 0.0909. The number of ether oxygens (including phenoxy) is 1. The van der Waals surface area contributed by atoms with Crippen LogP contribution in [-0.4, -0.2) is 10.2 Å². The molecule has 0 radical (unpaired) electrons. The van der Waals surface area contributed by atoms with Crippen molar-refractivity contribution in [1.29, 1.82) is 5.26 Å². The molecule has 0 spiro atoms. The highest BCUT2D eigenvalue weighted by Crippen LogP contribution is 2.25. The maximum Gasteiger partial charge on any atom is 0.238 e. The van der Waals surface area contributed by atoms with Crippen LogP contribution in [0, 0.1) is 11.3 Å². The van der Waals surface area contributed by atoms with E-state index < -0.39 is 0 Å². The molecular formula is C19H18N4O2. The van der Waals surface area contributed by atoms with Crippen LogP contribution in [0.3, 0.4) is 0 Å². The van der Waals surface area contributed by atoms with Gasteiger partial charge in [0.2, 0.25) is 11.8 Å². The molecule has 0 saturated heterocycles. The van der Waals surface area contributed by atoms with Gasteiger partial charge in [-0.25, -0.2) is 0 Å².